The minimum absolute atomic E-state index is 0.0546. The molecule has 1 aromatic carbocycles. The summed E-state index contributed by atoms with van der Waals surface area (Å²) in [5, 5.41) is 4.83. The van der Waals surface area contributed by atoms with Crippen molar-refractivity contribution in [3.8, 4) is 11.4 Å². The number of nitrogens with zero attached hydrogens (tertiary/aromatic N) is 4. The topological polar surface area (TPSA) is 133 Å². The number of hydrogen-bond donors (Lipinski definition) is 4. The summed E-state index contributed by atoms with van der Waals surface area (Å²) in [7, 11) is -3.32. The van der Waals surface area contributed by atoms with Crippen LogP contribution in [0.15, 0.2) is 59.8 Å². The van der Waals surface area contributed by atoms with Gasteiger partial charge in [0.1, 0.15) is 15.6 Å². The van der Waals surface area contributed by atoms with Crippen LogP contribution in [0.1, 0.15) is 25.5 Å². The third-order valence-electron chi connectivity index (χ3n) is 6.84. The molecule has 1 aliphatic carbocycles. The average Bonchev–Trinajstić information content (AvgIpc) is 3.76. The van der Waals surface area contributed by atoms with Gasteiger partial charge in [0.2, 0.25) is 0 Å². The lowest BCUT2D eigenvalue weighted by molar-refractivity contribution is 0.0985. The maximum Gasteiger partial charge on any atom is 0.319 e. The number of benzene rings is 1. The van der Waals surface area contributed by atoms with Crippen molar-refractivity contribution < 1.29 is 27.4 Å². The quantitative estimate of drug-likeness (QED) is 0.304. The molecule has 0 radical (unpaired) electrons. The van der Waals surface area contributed by atoms with Gasteiger partial charge in [-0.2, -0.15) is 0 Å². The minimum atomic E-state index is -3.32. The van der Waals surface area contributed by atoms with Crippen LogP contribution in [-0.2, 0) is 9.48 Å². The van der Waals surface area contributed by atoms with E-state index < -0.39 is 34.3 Å². The van der Waals surface area contributed by atoms with E-state index in [0.717, 1.165) is 0 Å². The van der Waals surface area contributed by atoms with Crippen molar-refractivity contribution in [1.29, 1.82) is 0 Å². The van der Waals surface area contributed by atoms with Gasteiger partial charge in [0.25, 0.3) is 6.43 Å². The largest absolute Gasteiger partial charge is 0.377 e. The van der Waals surface area contributed by atoms with E-state index in [9.17, 15) is 22.7 Å². The molecule has 208 valence electrons. The van der Waals surface area contributed by atoms with Crippen LogP contribution in [0.5, 0.6) is 0 Å². The lowest BCUT2D eigenvalue weighted by Gasteiger charge is -2.40. The number of amides is 2. The number of anilines is 2. The number of pyridine rings is 1. The van der Waals surface area contributed by atoms with E-state index in [1.165, 1.54) is 6.20 Å². The molecule has 3 aromatic rings. The molecule has 1 aliphatic heterocycles. The fourth-order valence-corrected chi connectivity index (χ4v) is 6.52. The van der Waals surface area contributed by atoms with E-state index >= 15 is 0 Å². The van der Waals surface area contributed by atoms with Crippen LogP contribution in [0, 0.1) is 0 Å². The Morgan fingerprint density at radius 3 is 2.62 bits per heavy atom. The Kier molecular flexibility index (Phi) is 7.67. The Morgan fingerprint density at radius 2 is 1.97 bits per heavy atom. The first-order valence-corrected chi connectivity index (χ1v) is 14.1. The number of ether oxygens (including phenoxy) is 1. The SMILES string of the molecule is C[C@H]1COCCN1c1cc(C2(S(O)(O)c3ccccn3)CC2)nc(-c2ccc(NC(=O)NCC(F)F)cc2)n1. The van der Waals surface area contributed by atoms with E-state index in [0.29, 0.717) is 61.2 Å². The number of halogens is 2. The first-order chi connectivity index (χ1) is 18.7. The number of morpholine rings is 1. The van der Waals surface area contributed by atoms with Gasteiger partial charge in [-0.1, -0.05) is 6.07 Å². The zero-order valence-electron chi connectivity index (χ0n) is 21.3. The van der Waals surface area contributed by atoms with Crippen LogP contribution < -0.4 is 15.5 Å². The number of carbonyl (C=O) groups excluding carboxylic acids is 1. The zero-order valence-corrected chi connectivity index (χ0v) is 22.1. The van der Waals surface area contributed by atoms with Crippen molar-refractivity contribution in [2.24, 2.45) is 0 Å². The summed E-state index contributed by atoms with van der Waals surface area (Å²) < 4.78 is 52.2. The molecule has 39 heavy (non-hydrogen) atoms. The number of carbonyl (C=O) groups is 1. The monoisotopic (exact) mass is 560 g/mol. The predicted molar refractivity (Wildman–Crippen MR) is 144 cm³/mol. The van der Waals surface area contributed by atoms with E-state index in [2.05, 4.69) is 20.5 Å². The molecule has 4 N–H and O–H groups in total. The van der Waals surface area contributed by atoms with Crippen LogP contribution in [0.4, 0.5) is 25.1 Å². The Morgan fingerprint density at radius 1 is 1.21 bits per heavy atom. The molecule has 1 atom stereocenters. The van der Waals surface area contributed by atoms with Gasteiger partial charge in [-0.3, -0.25) is 9.11 Å². The number of rotatable bonds is 8. The molecular formula is C26H30F2N6O4S. The Hall–Kier alpha value is -3.39. The normalized spacial score (nSPS) is 19.0. The van der Waals surface area contributed by atoms with Gasteiger partial charge in [-0.15, -0.1) is 10.6 Å². The second kappa shape index (κ2) is 11.0. The van der Waals surface area contributed by atoms with Gasteiger partial charge in [0, 0.05) is 30.1 Å². The lowest BCUT2D eigenvalue weighted by Crippen LogP contribution is -2.44. The standard InChI is InChI=1S/C26H30F2N6O4S/c1-17-16-38-13-12-34(17)22-14-20(26(9-10-26)39(36,37)23-4-2-3-11-29-23)32-24(33-22)18-5-7-19(8-6-18)31-25(35)30-15-21(27)28/h2-8,11,14,17,21,36-37H,9-10,12-13,15-16H2,1H3,(H2,30,31,35)/t17-/m0/s1. The maximum absolute atomic E-state index is 12.4. The zero-order chi connectivity index (χ0) is 27.6. The van der Waals surface area contributed by atoms with Gasteiger partial charge < -0.3 is 20.3 Å². The number of nitrogens with one attached hydrogen (secondary N) is 2. The molecule has 3 heterocycles. The first-order valence-electron chi connectivity index (χ1n) is 12.6. The Balaban J connectivity index is 1.49. The van der Waals surface area contributed by atoms with E-state index in [1.54, 1.807) is 42.5 Å². The molecule has 2 aliphatic rings. The van der Waals surface area contributed by atoms with Crippen LogP contribution in [0.25, 0.3) is 11.4 Å². The van der Waals surface area contributed by atoms with E-state index in [-0.39, 0.29) is 11.1 Å². The second-order valence-corrected chi connectivity index (χ2v) is 11.9. The van der Waals surface area contributed by atoms with Crippen LogP contribution >= 0.6 is 10.6 Å². The molecule has 0 spiro atoms. The highest BCUT2D eigenvalue weighted by Crippen LogP contribution is 2.74. The van der Waals surface area contributed by atoms with E-state index in [4.69, 9.17) is 14.7 Å². The molecule has 2 aromatic heterocycles. The fourth-order valence-electron chi connectivity index (χ4n) is 4.58. The summed E-state index contributed by atoms with van der Waals surface area (Å²) in [6.07, 6.45) is -0.0275. The second-order valence-electron chi connectivity index (χ2n) is 9.57. The Labute approximate surface area is 226 Å². The van der Waals surface area contributed by atoms with Crippen molar-refractivity contribution in [3.63, 3.8) is 0 Å². The smallest absolute Gasteiger partial charge is 0.319 e. The lowest BCUT2D eigenvalue weighted by atomic mass is 10.1. The van der Waals surface area contributed by atoms with Gasteiger partial charge in [0.05, 0.1) is 31.5 Å². The van der Waals surface area contributed by atoms with Crippen molar-refractivity contribution >= 4 is 28.1 Å². The summed E-state index contributed by atoms with van der Waals surface area (Å²) >= 11 is 0. The molecule has 10 nitrogen and oxygen atoms in total. The summed E-state index contributed by atoms with van der Waals surface area (Å²) in [5.74, 6) is 1.04. The molecule has 1 saturated carbocycles. The summed E-state index contributed by atoms with van der Waals surface area (Å²) in [6, 6.07) is 12.9. The molecule has 0 unspecified atom stereocenters. The van der Waals surface area contributed by atoms with Gasteiger partial charge >= 0.3 is 6.03 Å². The molecule has 13 heteroatoms. The molecule has 2 amide bonds. The average molecular weight is 561 g/mol. The third kappa shape index (κ3) is 5.66. The highest BCUT2D eigenvalue weighted by Gasteiger charge is 2.58. The molecular weight excluding hydrogens is 530 g/mol. The number of hydrogen-bond acceptors (Lipinski definition) is 8. The van der Waals surface area contributed by atoms with Crippen molar-refractivity contribution in [2.75, 3.05) is 36.5 Å². The summed E-state index contributed by atoms with van der Waals surface area (Å²) in [6.45, 7) is 3.00. The predicted octanol–water partition coefficient (Wildman–Crippen LogP) is 4.95. The molecule has 5 rings (SSSR count). The number of alkyl halides is 2. The van der Waals surface area contributed by atoms with Crippen molar-refractivity contribution in [3.05, 3.63) is 60.4 Å². The Bertz CT molecular complexity index is 1310. The first kappa shape index (κ1) is 27.2. The summed E-state index contributed by atoms with van der Waals surface area (Å²) in [5.41, 5.74) is 1.58. The van der Waals surface area contributed by atoms with Gasteiger partial charge in [-0.05, 0) is 56.2 Å². The third-order valence-corrected chi connectivity index (χ3v) is 9.37. The van der Waals surface area contributed by atoms with Crippen LogP contribution in [0.3, 0.4) is 0 Å². The number of urea groups is 1. The fraction of sp³-hybridized carbons (Fsp3) is 0.385. The van der Waals surface area contributed by atoms with Crippen molar-refractivity contribution in [2.45, 2.75) is 42.0 Å². The van der Waals surface area contributed by atoms with E-state index in [1.807, 2.05) is 13.0 Å². The highest BCUT2D eigenvalue weighted by molar-refractivity contribution is 8.25. The summed E-state index contributed by atoms with van der Waals surface area (Å²) in [4.78, 5) is 27.8. The van der Waals surface area contributed by atoms with Crippen LogP contribution in [0.2, 0.25) is 0 Å². The highest BCUT2D eigenvalue weighted by atomic mass is 32.3. The van der Waals surface area contributed by atoms with Gasteiger partial charge in [-0.25, -0.2) is 28.5 Å². The van der Waals surface area contributed by atoms with Crippen molar-refractivity contribution in [1.82, 2.24) is 20.3 Å². The molecule has 0 bridgehead atoms. The maximum atomic E-state index is 12.4. The molecule has 1 saturated heterocycles. The minimum Gasteiger partial charge on any atom is -0.377 e. The van der Waals surface area contributed by atoms with Gasteiger partial charge in [0.15, 0.2) is 5.82 Å². The molecule has 2 fully saturated rings. The van der Waals surface area contributed by atoms with Crippen LogP contribution in [-0.4, -0.2) is 68.9 Å². The number of aromatic nitrogens is 3.